The van der Waals surface area contributed by atoms with E-state index in [4.69, 9.17) is 9.47 Å². The highest BCUT2D eigenvalue weighted by Crippen LogP contribution is 2.32. The summed E-state index contributed by atoms with van der Waals surface area (Å²) in [4.78, 5) is 0. The molecule has 1 unspecified atom stereocenters. The second kappa shape index (κ2) is 5.19. The van der Waals surface area contributed by atoms with E-state index in [1.807, 2.05) is 6.07 Å². The number of ether oxygens (including phenoxy) is 2. The van der Waals surface area contributed by atoms with Gasteiger partial charge in [0.2, 0.25) is 0 Å². The van der Waals surface area contributed by atoms with Crippen LogP contribution in [0.4, 0.5) is 0 Å². The molecule has 1 aliphatic rings. The minimum Gasteiger partial charge on any atom is -0.486 e. The van der Waals surface area contributed by atoms with Crippen LogP contribution in [0.15, 0.2) is 18.2 Å². The van der Waals surface area contributed by atoms with Crippen molar-refractivity contribution in [1.29, 1.82) is 0 Å². The summed E-state index contributed by atoms with van der Waals surface area (Å²) in [6.07, 6.45) is 0. The van der Waals surface area contributed by atoms with E-state index in [1.165, 1.54) is 5.56 Å². The van der Waals surface area contributed by atoms with Crippen LogP contribution in [0.1, 0.15) is 39.3 Å². The van der Waals surface area contributed by atoms with E-state index < -0.39 is 0 Å². The van der Waals surface area contributed by atoms with Gasteiger partial charge in [-0.1, -0.05) is 26.8 Å². The molecule has 0 saturated carbocycles. The smallest absolute Gasteiger partial charge is 0.161 e. The van der Waals surface area contributed by atoms with Gasteiger partial charge in [-0.25, -0.2) is 0 Å². The predicted octanol–water partition coefficient (Wildman–Crippen LogP) is 3.15. The van der Waals surface area contributed by atoms with Gasteiger partial charge < -0.3 is 14.8 Å². The van der Waals surface area contributed by atoms with Crippen molar-refractivity contribution >= 4 is 0 Å². The summed E-state index contributed by atoms with van der Waals surface area (Å²) >= 11 is 0. The Balaban J connectivity index is 2.04. The lowest BCUT2D eigenvalue weighted by atomic mass is 9.96. The van der Waals surface area contributed by atoms with Gasteiger partial charge in [-0.2, -0.15) is 0 Å². The standard InChI is InChI=1S/C15H23NO2/c1-11(16-10-15(2,3)4)12-5-6-13-14(9-12)18-8-7-17-13/h5-6,9,11,16H,7-8,10H2,1-4H3. The third-order valence-corrected chi connectivity index (χ3v) is 3.00. The lowest BCUT2D eigenvalue weighted by molar-refractivity contribution is 0.171. The van der Waals surface area contributed by atoms with Crippen molar-refractivity contribution in [2.24, 2.45) is 5.41 Å². The largest absolute Gasteiger partial charge is 0.486 e. The average molecular weight is 249 g/mol. The number of nitrogens with one attached hydrogen (secondary N) is 1. The molecule has 0 fully saturated rings. The summed E-state index contributed by atoms with van der Waals surface area (Å²) in [5.74, 6) is 1.72. The van der Waals surface area contributed by atoms with E-state index in [0.29, 0.717) is 24.7 Å². The van der Waals surface area contributed by atoms with Crippen LogP contribution in [0.25, 0.3) is 0 Å². The average Bonchev–Trinajstić information content (AvgIpc) is 2.34. The molecule has 0 radical (unpaired) electrons. The van der Waals surface area contributed by atoms with E-state index in [-0.39, 0.29) is 0 Å². The van der Waals surface area contributed by atoms with Crippen molar-refractivity contribution in [3.05, 3.63) is 23.8 Å². The molecule has 100 valence electrons. The van der Waals surface area contributed by atoms with Crippen molar-refractivity contribution in [3.63, 3.8) is 0 Å². The lowest BCUT2D eigenvalue weighted by Crippen LogP contribution is -2.29. The monoisotopic (exact) mass is 249 g/mol. The Bertz CT molecular complexity index is 409. The zero-order chi connectivity index (χ0) is 13.2. The zero-order valence-corrected chi connectivity index (χ0v) is 11.7. The molecule has 0 aliphatic carbocycles. The van der Waals surface area contributed by atoms with Crippen molar-refractivity contribution in [2.75, 3.05) is 19.8 Å². The van der Waals surface area contributed by atoms with Gasteiger partial charge in [0.1, 0.15) is 13.2 Å². The first-order valence-corrected chi connectivity index (χ1v) is 6.59. The number of fused-ring (bicyclic) bond motifs is 1. The van der Waals surface area contributed by atoms with Crippen LogP contribution >= 0.6 is 0 Å². The minimum absolute atomic E-state index is 0.294. The van der Waals surface area contributed by atoms with Gasteiger partial charge in [0.25, 0.3) is 0 Å². The zero-order valence-electron chi connectivity index (χ0n) is 11.7. The van der Waals surface area contributed by atoms with Crippen LogP contribution in [-0.2, 0) is 0 Å². The third-order valence-electron chi connectivity index (χ3n) is 3.00. The molecular weight excluding hydrogens is 226 g/mol. The third kappa shape index (κ3) is 3.39. The molecule has 1 atom stereocenters. The van der Waals surface area contributed by atoms with Crippen LogP contribution in [0.5, 0.6) is 11.5 Å². The summed E-state index contributed by atoms with van der Waals surface area (Å²) in [7, 11) is 0. The quantitative estimate of drug-likeness (QED) is 0.892. The van der Waals surface area contributed by atoms with Crippen molar-refractivity contribution in [1.82, 2.24) is 5.32 Å². The van der Waals surface area contributed by atoms with Crippen molar-refractivity contribution in [2.45, 2.75) is 33.7 Å². The van der Waals surface area contributed by atoms with Crippen LogP contribution in [-0.4, -0.2) is 19.8 Å². The van der Waals surface area contributed by atoms with E-state index >= 15 is 0 Å². The van der Waals surface area contributed by atoms with Gasteiger partial charge in [-0.3, -0.25) is 0 Å². The van der Waals surface area contributed by atoms with Gasteiger partial charge in [0, 0.05) is 12.6 Å². The Kier molecular flexibility index (Phi) is 3.81. The van der Waals surface area contributed by atoms with Gasteiger partial charge in [0.05, 0.1) is 0 Å². The summed E-state index contributed by atoms with van der Waals surface area (Å²) in [5, 5.41) is 3.55. The summed E-state index contributed by atoms with van der Waals surface area (Å²) < 4.78 is 11.1. The fourth-order valence-electron chi connectivity index (χ4n) is 1.91. The molecule has 1 aliphatic heterocycles. The van der Waals surface area contributed by atoms with E-state index in [2.05, 4.69) is 45.1 Å². The summed E-state index contributed by atoms with van der Waals surface area (Å²) in [6.45, 7) is 11.1. The van der Waals surface area contributed by atoms with Gasteiger partial charge in [-0.05, 0) is 30.0 Å². The van der Waals surface area contributed by atoms with Crippen molar-refractivity contribution in [3.8, 4) is 11.5 Å². The molecule has 18 heavy (non-hydrogen) atoms. The van der Waals surface area contributed by atoms with E-state index in [9.17, 15) is 0 Å². The van der Waals surface area contributed by atoms with Crippen molar-refractivity contribution < 1.29 is 9.47 Å². The Morgan fingerprint density at radius 2 is 1.83 bits per heavy atom. The highest BCUT2D eigenvalue weighted by molar-refractivity contribution is 5.44. The van der Waals surface area contributed by atoms with E-state index in [0.717, 1.165) is 18.0 Å². The second-order valence-corrected chi connectivity index (χ2v) is 6.07. The molecule has 1 aromatic carbocycles. The highest BCUT2D eigenvalue weighted by atomic mass is 16.6. The van der Waals surface area contributed by atoms with E-state index in [1.54, 1.807) is 0 Å². The number of benzene rings is 1. The molecule has 1 N–H and O–H groups in total. The summed E-state index contributed by atoms with van der Waals surface area (Å²) in [6, 6.07) is 6.50. The molecule has 0 bridgehead atoms. The molecule has 0 amide bonds. The van der Waals surface area contributed by atoms with Crippen LogP contribution in [0.3, 0.4) is 0 Å². The fraction of sp³-hybridized carbons (Fsp3) is 0.600. The number of hydrogen-bond donors (Lipinski definition) is 1. The minimum atomic E-state index is 0.294. The van der Waals surface area contributed by atoms with Crippen LogP contribution in [0, 0.1) is 5.41 Å². The first kappa shape index (κ1) is 13.2. The fourth-order valence-corrected chi connectivity index (χ4v) is 1.91. The molecule has 1 heterocycles. The Morgan fingerprint density at radius 1 is 1.17 bits per heavy atom. The molecule has 0 saturated heterocycles. The Labute approximate surface area is 109 Å². The van der Waals surface area contributed by atoms with Gasteiger partial charge in [-0.15, -0.1) is 0 Å². The summed E-state index contributed by atoms with van der Waals surface area (Å²) in [5.41, 5.74) is 1.53. The lowest BCUT2D eigenvalue weighted by Gasteiger charge is -2.24. The molecule has 2 rings (SSSR count). The Hall–Kier alpha value is -1.22. The normalized spacial score (nSPS) is 16.4. The highest BCUT2D eigenvalue weighted by Gasteiger charge is 2.16. The second-order valence-electron chi connectivity index (χ2n) is 6.07. The first-order chi connectivity index (χ1) is 8.46. The molecule has 0 aromatic heterocycles. The van der Waals surface area contributed by atoms with Gasteiger partial charge in [0.15, 0.2) is 11.5 Å². The molecule has 1 aromatic rings. The first-order valence-electron chi connectivity index (χ1n) is 6.59. The van der Waals surface area contributed by atoms with Crippen LogP contribution < -0.4 is 14.8 Å². The molecule has 3 nitrogen and oxygen atoms in total. The molecular formula is C15H23NO2. The van der Waals surface area contributed by atoms with Gasteiger partial charge >= 0.3 is 0 Å². The maximum absolute atomic E-state index is 5.61. The Morgan fingerprint density at radius 3 is 2.50 bits per heavy atom. The number of rotatable bonds is 3. The maximum atomic E-state index is 5.61. The SMILES string of the molecule is CC(NCC(C)(C)C)c1ccc2c(c1)OCCO2. The van der Waals surface area contributed by atoms with Crippen LogP contribution in [0.2, 0.25) is 0 Å². The topological polar surface area (TPSA) is 30.5 Å². The number of hydrogen-bond acceptors (Lipinski definition) is 3. The predicted molar refractivity (Wildman–Crippen MR) is 73.3 cm³/mol. The molecule has 0 spiro atoms. The maximum Gasteiger partial charge on any atom is 0.161 e. The molecule has 3 heteroatoms.